The van der Waals surface area contributed by atoms with Crippen LogP contribution < -0.4 is 5.32 Å². The van der Waals surface area contributed by atoms with E-state index in [9.17, 15) is 17.6 Å². The molecule has 0 aromatic carbocycles. The molecular weight excluding hydrogens is 162 g/mol. The second-order valence-electron chi connectivity index (χ2n) is 2.81. The van der Waals surface area contributed by atoms with E-state index in [4.69, 9.17) is 0 Å². The number of alkyl halides is 4. The quantitative estimate of drug-likeness (QED) is 0.623. The van der Waals surface area contributed by atoms with Crippen molar-refractivity contribution in [1.82, 2.24) is 5.32 Å². The number of nitrogens with one attached hydrogen (secondary N) is 1. The maximum Gasteiger partial charge on any atom is 0.421 e. The van der Waals surface area contributed by atoms with Crippen LogP contribution in [0.1, 0.15) is 12.8 Å². The maximum absolute atomic E-state index is 12.6. The van der Waals surface area contributed by atoms with E-state index < -0.39 is 17.9 Å². The molecule has 1 rings (SSSR count). The van der Waals surface area contributed by atoms with Gasteiger partial charge < -0.3 is 5.32 Å². The van der Waals surface area contributed by atoms with E-state index in [-0.39, 0.29) is 12.8 Å². The average molecular weight is 171 g/mol. The largest absolute Gasteiger partial charge is 0.421 e. The zero-order valence-electron chi connectivity index (χ0n) is 6.00. The van der Waals surface area contributed by atoms with Crippen molar-refractivity contribution < 1.29 is 17.6 Å². The van der Waals surface area contributed by atoms with E-state index in [1.165, 1.54) is 7.05 Å². The van der Waals surface area contributed by atoms with Gasteiger partial charge in [-0.1, -0.05) is 0 Å². The molecule has 1 aliphatic carbocycles. The summed E-state index contributed by atoms with van der Waals surface area (Å²) in [5, 5.41) is 2.36. The first kappa shape index (κ1) is 8.77. The monoisotopic (exact) mass is 171 g/mol. The van der Waals surface area contributed by atoms with Gasteiger partial charge in [0.15, 0.2) is 0 Å². The van der Waals surface area contributed by atoms with Gasteiger partial charge in [0.1, 0.15) is 0 Å². The highest BCUT2D eigenvalue weighted by molar-refractivity contribution is 5.09. The summed E-state index contributed by atoms with van der Waals surface area (Å²) in [6.45, 7) is 0. The predicted octanol–water partition coefficient (Wildman–Crippen LogP) is 1.64. The summed E-state index contributed by atoms with van der Waals surface area (Å²) in [6.07, 6.45) is -6.91. The van der Waals surface area contributed by atoms with Crippen LogP contribution in [0.2, 0.25) is 0 Å². The molecule has 11 heavy (non-hydrogen) atoms. The molecule has 0 bridgehead atoms. The minimum Gasteiger partial charge on any atom is -0.311 e. The molecule has 0 amide bonds. The molecule has 1 aliphatic rings. The van der Waals surface area contributed by atoms with Crippen molar-refractivity contribution in [2.45, 2.75) is 30.7 Å². The van der Waals surface area contributed by atoms with Crippen molar-refractivity contribution in [2.24, 2.45) is 0 Å². The highest BCUT2D eigenvalue weighted by Gasteiger charge is 2.60. The molecule has 0 radical (unpaired) electrons. The summed E-state index contributed by atoms with van der Waals surface area (Å²) < 4.78 is 47.8. The molecule has 0 aromatic heterocycles. The number of hydrogen-bond donors (Lipinski definition) is 1. The third-order valence-electron chi connectivity index (χ3n) is 2.06. The van der Waals surface area contributed by atoms with Gasteiger partial charge in [-0.2, -0.15) is 13.2 Å². The van der Waals surface area contributed by atoms with E-state index in [0.717, 1.165) is 0 Å². The Kier molecular flexibility index (Phi) is 1.86. The van der Waals surface area contributed by atoms with Gasteiger partial charge in [-0.3, -0.25) is 0 Å². The lowest BCUT2D eigenvalue weighted by molar-refractivity contribution is -0.191. The van der Waals surface area contributed by atoms with Crippen LogP contribution >= 0.6 is 0 Å². The van der Waals surface area contributed by atoms with E-state index >= 15 is 0 Å². The van der Waals surface area contributed by atoms with Crippen LogP contribution in [0.5, 0.6) is 0 Å². The minimum absolute atomic E-state index is 0.268. The van der Waals surface area contributed by atoms with Crippen LogP contribution in [0.4, 0.5) is 17.6 Å². The smallest absolute Gasteiger partial charge is 0.311 e. The molecule has 1 fully saturated rings. The topological polar surface area (TPSA) is 12.0 Å². The van der Waals surface area contributed by atoms with Gasteiger partial charge in [0.25, 0.3) is 0 Å². The lowest BCUT2D eigenvalue weighted by Gasteiger charge is -2.21. The second kappa shape index (κ2) is 2.33. The molecule has 1 atom stereocenters. The van der Waals surface area contributed by atoms with Crippen LogP contribution in [0.3, 0.4) is 0 Å². The Morgan fingerprint density at radius 2 is 1.82 bits per heavy atom. The SMILES string of the molecule is CNC1(C(F)C(F)(F)F)CC1. The Hall–Kier alpha value is -0.320. The molecule has 0 saturated heterocycles. The van der Waals surface area contributed by atoms with E-state index in [1.807, 2.05) is 0 Å². The van der Waals surface area contributed by atoms with Gasteiger partial charge in [-0.25, -0.2) is 4.39 Å². The Bertz CT molecular complexity index is 149. The summed E-state index contributed by atoms with van der Waals surface area (Å²) in [5.41, 5.74) is -1.31. The Labute approximate surface area is 61.8 Å². The predicted molar refractivity (Wildman–Crippen MR) is 32.0 cm³/mol. The van der Waals surface area contributed by atoms with Gasteiger partial charge in [0, 0.05) is 0 Å². The first-order valence-electron chi connectivity index (χ1n) is 3.32. The molecular formula is C6H9F4N. The minimum atomic E-state index is -4.72. The molecule has 1 nitrogen and oxygen atoms in total. The fourth-order valence-electron chi connectivity index (χ4n) is 1.08. The fourth-order valence-corrected chi connectivity index (χ4v) is 1.08. The molecule has 66 valence electrons. The summed E-state index contributed by atoms with van der Waals surface area (Å²) in [7, 11) is 1.35. The average Bonchev–Trinajstić information content (AvgIpc) is 2.64. The molecule has 0 heterocycles. The fraction of sp³-hybridized carbons (Fsp3) is 1.00. The zero-order valence-corrected chi connectivity index (χ0v) is 6.00. The van der Waals surface area contributed by atoms with Crippen molar-refractivity contribution in [3.8, 4) is 0 Å². The third kappa shape index (κ3) is 1.47. The van der Waals surface area contributed by atoms with Gasteiger partial charge in [0.05, 0.1) is 5.54 Å². The van der Waals surface area contributed by atoms with Gasteiger partial charge in [-0.15, -0.1) is 0 Å². The van der Waals surface area contributed by atoms with E-state index in [2.05, 4.69) is 5.32 Å². The standard InChI is InChI=1S/C6H9F4N/c1-11-5(2-3-5)4(7)6(8,9)10/h4,11H,2-3H2,1H3. The van der Waals surface area contributed by atoms with Crippen LogP contribution in [-0.4, -0.2) is 24.9 Å². The summed E-state index contributed by atoms with van der Waals surface area (Å²) in [5.74, 6) is 0. The van der Waals surface area contributed by atoms with Crippen LogP contribution in [0.25, 0.3) is 0 Å². The van der Waals surface area contributed by atoms with Gasteiger partial charge >= 0.3 is 6.18 Å². The van der Waals surface area contributed by atoms with Crippen LogP contribution in [0.15, 0.2) is 0 Å². The third-order valence-corrected chi connectivity index (χ3v) is 2.06. The maximum atomic E-state index is 12.6. The number of hydrogen-bond acceptors (Lipinski definition) is 1. The molecule has 0 aromatic rings. The molecule has 1 unspecified atom stereocenters. The van der Waals surface area contributed by atoms with Gasteiger partial charge in [-0.05, 0) is 19.9 Å². The molecule has 1 saturated carbocycles. The molecule has 1 N–H and O–H groups in total. The highest BCUT2D eigenvalue weighted by atomic mass is 19.4. The van der Waals surface area contributed by atoms with Crippen LogP contribution in [0, 0.1) is 0 Å². The van der Waals surface area contributed by atoms with Crippen molar-refractivity contribution in [3.63, 3.8) is 0 Å². The number of rotatable bonds is 2. The van der Waals surface area contributed by atoms with Crippen molar-refractivity contribution in [3.05, 3.63) is 0 Å². The lowest BCUT2D eigenvalue weighted by Crippen LogP contribution is -2.46. The van der Waals surface area contributed by atoms with Crippen molar-refractivity contribution >= 4 is 0 Å². The van der Waals surface area contributed by atoms with E-state index in [1.54, 1.807) is 0 Å². The molecule has 0 aliphatic heterocycles. The number of halogens is 4. The molecule has 0 spiro atoms. The Morgan fingerprint density at radius 1 is 1.36 bits per heavy atom. The van der Waals surface area contributed by atoms with Crippen LogP contribution in [-0.2, 0) is 0 Å². The summed E-state index contributed by atoms with van der Waals surface area (Å²) in [6, 6.07) is 0. The highest BCUT2D eigenvalue weighted by Crippen LogP contribution is 2.45. The normalized spacial score (nSPS) is 24.8. The zero-order chi connectivity index (χ0) is 8.70. The second-order valence-corrected chi connectivity index (χ2v) is 2.81. The summed E-state index contributed by atoms with van der Waals surface area (Å²) >= 11 is 0. The lowest BCUT2D eigenvalue weighted by atomic mass is 10.1. The van der Waals surface area contributed by atoms with Crippen molar-refractivity contribution in [2.75, 3.05) is 7.05 Å². The van der Waals surface area contributed by atoms with Crippen molar-refractivity contribution in [1.29, 1.82) is 0 Å². The Morgan fingerprint density at radius 3 is 1.91 bits per heavy atom. The molecule has 5 heteroatoms. The van der Waals surface area contributed by atoms with Gasteiger partial charge in [0.2, 0.25) is 6.17 Å². The van der Waals surface area contributed by atoms with E-state index in [0.29, 0.717) is 0 Å². The first-order valence-corrected chi connectivity index (χ1v) is 3.32. The Balaban J connectivity index is 2.61. The summed E-state index contributed by atoms with van der Waals surface area (Å²) in [4.78, 5) is 0. The first-order chi connectivity index (χ1) is 4.92.